The van der Waals surface area contributed by atoms with Crippen molar-refractivity contribution in [2.24, 2.45) is 17.4 Å². The molecule has 24 heavy (non-hydrogen) atoms. The number of carbonyl (C=O) groups is 3. The lowest BCUT2D eigenvalue weighted by Crippen LogP contribution is -2.44. The Kier molecular flexibility index (Phi) is 2.95. The van der Waals surface area contributed by atoms with Crippen LogP contribution >= 0.6 is 0 Å². The van der Waals surface area contributed by atoms with Crippen molar-refractivity contribution < 1.29 is 14.4 Å². The molecule has 1 amide bonds. The summed E-state index contributed by atoms with van der Waals surface area (Å²) in [6.07, 6.45) is 5.18. The van der Waals surface area contributed by atoms with Crippen LogP contribution in [-0.4, -0.2) is 28.1 Å². The number of nitrogens with two attached hydrogens (primary N) is 2. The Bertz CT molecular complexity index is 816. The van der Waals surface area contributed by atoms with Crippen molar-refractivity contribution in [1.29, 1.82) is 0 Å². The molecule has 1 aromatic heterocycles. The van der Waals surface area contributed by atoms with Crippen molar-refractivity contribution in [3.05, 3.63) is 34.4 Å². The number of rotatable bonds is 5. The lowest BCUT2D eigenvalue weighted by Gasteiger charge is -2.17. The van der Waals surface area contributed by atoms with E-state index in [1.807, 2.05) is 4.57 Å². The number of aromatic nitrogens is 1. The van der Waals surface area contributed by atoms with Gasteiger partial charge in [-0.1, -0.05) is 0 Å². The minimum atomic E-state index is -0.688. The molecule has 126 valence electrons. The van der Waals surface area contributed by atoms with Gasteiger partial charge in [0.2, 0.25) is 0 Å². The molecule has 5 N–H and O–H groups in total. The molecule has 0 saturated heterocycles. The van der Waals surface area contributed by atoms with E-state index >= 15 is 0 Å². The number of ketones is 1. The van der Waals surface area contributed by atoms with E-state index in [4.69, 9.17) is 11.5 Å². The highest BCUT2D eigenvalue weighted by atomic mass is 16.2. The van der Waals surface area contributed by atoms with Crippen molar-refractivity contribution in [3.63, 3.8) is 0 Å². The first-order valence-electron chi connectivity index (χ1n) is 8.17. The van der Waals surface area contributed by atoms with Crippen LogP contribution in [0.25, 0.3) is 0 Å². The van der Waals surface area contributed by atoms with Gasteiger partial charge in [0, 0.05) is 23.6 Å². The van der Waals surface area contributed by atoms with E-state index in [1.54, 1.807) is 6.92 Å². The van der Waals surface area contributed by atoms with E-state index in [0.717, 1.165) is 24.8 Å². The van der Waals surface area contributed by atoms with Gasteiger partial charge in [0.25, 0.3) is 11.7 Å². The molecule has 0 radical (unpaired) electrons. The van der Waals surface area contributed by atoms with Gasteiger partial charge in [0.05, 0.1) is 16.8 Å². The summed E-state index contributed by atoms with van der Waals surface area (Å²) in [5.74, 6) is -0.784. The van der Waals surface area contributed by atoms with Gasteiger partial charge >= 0.3 is 0 Å². The van der Waals surface area contributed by atoms with Crippen molar-refractivity contribution in [3.8, 4) is 0 Å². The highest BCUT2D eigenvalue weighted by Crippen LogP contribution is 2.54. The normalized spacial score (nSPS) is 25.6. The summed E-state index contributed by atoms with van der Waals surface area (Å²) in [6, 6.07) is 0.314. The number of carbonyl (C=O) groups excluding carboxylic acids is 3. The van der Waals surface area contributed by atoms with E-state index < -0.39 is 17.2 Å². The molecule has 3 aliphatic rings. The molecule has 2 atom stereocenters. The Morgan fingerprint density at radius 1 is 1.38 bits per heavy atom. The molecule has 1 aliphatic heterocycles. The third-order valence-corrected chi connectivity index (χ3v) is 5.65. The minimum Gasteiger partial charge on any atom is -0.403 e. The lowest BCUT2D eigenvalue weighted by molar-refractivity contribution is -0.117. The third-order valence-electron chi connectivity index (χ3n) is 5.65. The molecule has 0 spiro atoms. The molecule has 7 nitrogen and oxygen atoms in total. The Morgan fingerprint density at radius 3 is 2.67 bits per heavy atom. The molecule has 2 fully saturated rings. The number of amides is 1. The summed E-state index contributed by atoms with van der Waals surface area (Å²) < 4.78 is 1.95. The maximum absolute atomic E-state index is 12.8. The van der Waals surface area contributed by atoms with E-state index in [9.17, 15) is 14.4 Å². The second-order valence-corrected chi connectivity index (χ2v) is 7.07. The maximum Gasteiger partial charge on any atom is 0.293 e. The van der Waals surface area contributed by atoms with Gasteiger partial charge in [-0.15, -0.1) is 0 Å². The zero-order chi connectivity index (χ0) is 17.2. The molecule has 2 aliphatic carbocycles. The maximum atomic E-state index is 12.8. The Labute approximate surface area is 139 Å². The first kappa shape index (κ1) is 15.0. The monoisotopic (exact) mass is 328 g/mol. The third kappa shape index (κ3) is 1.87. The first-order chi connectivity index (χ1) is 11.4. The number of nitrogens with zero attached hydrogens (tertiary/aromatic N) is 1. The van der Waals surface area contributed by atoms with Gasteiger partial charge in [-0.05, 0) is 44.1 Å². The van der Waals surface area contributed by atoms with Crippen LogP contribution in [0.5, 0.6) is 0 Å². The van der Waals surface area contributed by atoms with Crippen LogP contribution in [0.3, 0.4) is 0 Å². The summed E-state index contributed by atoms with van der Waals surface area (Å²) in [5.41, 5.74) is 13.3. The topological polar surface area (TPSA) is 120 Å². The smallest absolute Gasteiger partial charge is 0.293 e. The number of Topliss-reactive ketones (excluding diaryl/α,β-unsaturated/α-hetero) is 1. The van der Waals surface area contributed by atoms with Crippen molar-refractivity contribution in [2.75, 3.05) is 0 Å². The summed E-state index contributed by atoms with van der Waals surface area (Å²) >= 11 is 0. The van der Waals surface area contributed by atoms with E-state index in [0.29, 0.717) is 47.3 Å². The number of hydrogen-bond donors (Lipinski definition) is 3. The quantitative estimate of drug-likeness (QED) is 0.408. The van der Waals surface area contributed by atoms with E-state index in [2.05, 4.69) is 5.32 Å². The van der Waals surface area contributed by atoms with Crippen LogP contribution < -0.4 is 16.8 Å². The zero-order valence-electron chi connectivity index (χ0n) is 13.5. The van der Waals surface area contributed by atoms with Crippen LogP contribution in [0, 0.1) is 12.8 Å². The molecule has 4 rings (SSSR count). The standard InChI is InChI=1S/C17H20N4O3/c1-8-12(7-22)21-10-4-9(10)5-11(21)14(8)15(23)16(24)20-17(2-3-17)13(19)6-18/h6-7,9-10H,2-5,18-19H2,1H3,(H,20,24)/b13-6-. The Hall–Kier alpha value is -2.57. The van der Waals surface area contributed by atoms with Crippen LogP contribution in [0.2, 0.25) is 0 Å². The summed E-state index contributed by atoms with van der Waals surface area (Å²) in [4.78, 5) is 36.7. The Morgan fingerprint density at radius 2 is 2.08 bits per heavy atom. The van der Waals surface area contributed by atoms with Gasteiger partial charge < -0.3 is 21.4 Å². The number of hydrogen-bond acceptors (Lipinski definition) is 5. The highest BCUT2D eigenvalue weighted by molar-refractivity contribution is 6.43. The molecular formula is C17H20N4O3. The molecule has 2 unspecified atom stereocenters. The van der Waals surface area contributed by atoms with Crippen molar-refractivity contribution in [1.82, 2.24) is 9.88 Å². The summed E-state index contributed by atoms with van der Waals surface area (Å²) in [7, 11) is 0. The highest BCUT2D eigenvalue weighted by Gasteiger charge is 2.51. The number of fused-ring (bicyclic) bond motifs is 3. The average molecular weight is 328 g/mol. The minimum absolute atomic E-state index is 0.314. The van der Waals surface area contributed by atoms with Gasteiger partial charge in [0.1, 0.15) is 0 Å². The van der Waals surface area contributed by atoms with Crippen LogP contribution in [0.15, 0.2) is 11.9 Å². The van der Waals surface area contributed by atoms with E-state index in [1.165, 1.54) is 6.20 Å². The second kappa shape index (κ2) is 4.72. The average Bonchev–Trinajstić information content (AvgIpc) is 3.46. The largest absolute Gasteiger partial charge is 0.403 e. The molecule has 0 bridgehead atoms. The molecule has 2 heterocycles. The predicted octanol–water partition coefficient (Wildman–Crippen LogP) is 0.316. The summed E-state index contributed by atoms with van der Waals surface area (Å²) in [6.45, 7) is 1.73. The number of nitrogens with one attached hydrogen (secondary N) is 1. The first-order valence-corrected chi connectivity index (χ1v) is 8.17. The molecular weight excluding hydrogens is 308 g/mol. The fourth-order valence-corrected chi connectivity index (χ4v) is 3.99. The van der Waals surface area contributed by atoms with Gasteiger partial charge in [-0.3, -0.25) is 14.4 Å². The van der Waals surface area contributed by atoms with Gasteiger partial charge in [0.15, 0.2) is 6.29 Å². The lowest BCUT2D eigenvalue weighted by atomic mass is 10.0. The molecule has 7 heteroatoms. The zero-order valence-corrected chi connectivity index (χ0v) is 13.5. The van der Waals surface area contributed by atoms with Crippen molar-refractivity contribution in [2.45, 2.75) is 44.2 Å². The summed E-state index contributed by atoms with van der Waals surface area (Å²) in [5, 5.41) is 2.73. The molecule has 0 aromatic carbocycles. The predicted molar refractivity (Wildman–Crippen MR) is 86.3 cm³/mol. The van der Waals surface area contributed by atoms with Crippen molar-refractivity contribution >= 4 is 18.0 Å². The van der Waals surface area contributed by atoms with Crippen LogP contribution in [0.1, 0.15) is 57.4 Å². The molecule has 2 saturated carbocycles. The van der Waals surface area contributed by atoms with Gasteiger partial charge in [-0.2, -0.15) is 0 Å². The van der Waals surface area contributed by atoms with Crippen LogP contribution in [-0.2, 0) is 11.2 Å². The Balaban J connectivity index is 1.65. The second-order valence-electron chi connectivity index (χ2n) is 7.07. The SMILES string of the molecule is Cc1c(C(=O)C(=O)NC2(/C(N)=C/N)CC2)c2n(c1C=O)C1CC1C2. The molecule has 1 aromatic rings. The number of aldehydes is 1. The van der Waals surface area contributed by atoms with Gasteiger partial charge in [-0.25, -0.2) is 0 Å². The van der Waals surface area contributed by atoms with Crippen LogP contribution in [0.4, 0.5) is 0 Å². The fourth-order valence-electron chi connectivity index (χ4n) is 3.99. The van der Waals surface area contributed by atoms with E-state index in [-0.39, 0.29) is 0 Å². The fraction of sp³-hybridized carbons (Fsp3) is 0.471.